The molecule has 0 saturated carbocycles. The number of hydrogen-bond acceptors (Lipinski definition) is 6. The van der Waals surface area contributed by atoms with Crippen LogP contribution in [0.4, 0.5) is 0 Å². The van der Waals surface area contributed by atoms with Gasteiger partial charge in [0.15, 0.2) is 11.5 Å². The first kappa shape index (κ1) is 17.4. The van der Waals surface area contributed by atoms with Crippen LogP contribution in [0.2, 0.25) is 0 Å². The van der Waals surface area contributed by atoms with Crippen molar-refractivity contribution < 1.29 is 32.7 Å². The first-order valence-corrected chi connectivity index (χ1v) is 8.10. The molecule has 0 amide bonds. The van der Waals surface area contributed by atoms with Crippen molar-refractivity contribution in [3.05, 3.63) is 60.2 Å². The summed E-state index contributed by atoms with van der Waals surface area (Å²) in [5.41, 5.74) is -0.518. The Hall–Kier alpha value is -3.00. The molecule has 0 spiro atoms. The maximum Gasteiger partial charge on any atom is 0.339 e. The van der Waals surface area contributed by atoms with Crippen LogP contribution in [-0.4, -0.2) is 29.7 Å². The van der Waals surface area contributed by atoms with Gasteiger partial charge in [-0.3, -0.25) is 0 Å². The third-order valence-electron chi connectivity index (χ3n) is 3.14. The van der Waals surface area contributed by atoms with E-state index < -0.39 is 38.9 Å². The van der Waals surface area contributed by atoms with Crippen molar-refractivity contribution in [3.63, 3.8) is 0 Å². The predicted octanol–water partition coefficient (Wildman–Crippen LogP) is 2.29. The minimum atomic E-state index is -4.33. The van der Waals surface area contributed by atoms with Crippen LogP contribution in [0.5, 0.6) is 17.2 Å². The molecule has 2 aromatic rings. The summed E-state index contributed by atoms with van der Waals surface area (Å²) >= 11 is 0. The second-order valence-electron chi connectivity index (χ2n) is 4.75. The Kier molecular flexibility index (Phi) is 4.79. The molecule has 126 valence electrons. The first-order chi connectivity index (χ1) is 11.3. The normalized spacial score (nSPS) is 11.0. The van der Waals surface area contributed by atoms with Crippen molar-refractivity contribution in [1.82, 2.24) is 0 Å². The summed E-state index contributed by atoms with van der Waals surface area (Å²) in [6.45, 7) is 3.46. The molecule has 2 rings (SSSR count). The topological polar surface area (TPSA) is 121 Å². The Balaban J connectivity index is 2.65. The number of aromatic hydroxyl groups is 2. The number of rotatable bonds is 6. The van der Waals surface area contributed by atoms with Crippen LogP contribution in [-0.2, 0) is 16.5 Å². The third kappa shape index (κ3) is 3.33. The van der Waals surface area contributed by atoms with E-state index in [1.54, 1.807) is 6.07 Å². The summed E-state index contributed by atoms with van der Waals surface area (Å²) in [6.07, 6.45) is 1.23. The van der Waals surface area contributed by atoms with E-state index in [2.05, 4.69) is 6.58 Å². The number of aromatic carboxylic acids is 1. The average Bonchev–Trinajstić information content (AvgIpc) is 2.54. The largest absolute Gasteiger partial charge is 0.504 e. The summed E-state index contributed by atoms with van der Waals surface area (Å²) in [5, 5.41) is 28.8. The Morgan fingerprint density at radius 3 is 2.38 bits per heavy atom. The summed E-state index contributed by atoms with van der Waals surface area (Å²) in [4.78, 5) is 11.1. The number of carboxylic acid groups (broad SMARTS) is 1. The Morgan fingerprint density at radius 2 is 1.83 bits per heavy atom. The number of benzene rings is 2. The zero-order chi connectivity index (χ0) is 17.9. The molecule has 0 heterocycles. The molecule has 0 aliphatic carbocycles. The number of allylic oxidation sites excluding steroid dienone is 1. The van der Waals surface area contributed by atoms with Crippen molar-refractivity contribution in [2.24, 2.45) is 0 Å². The van der Waals surface area contributed by atoms with E-state index in [1.807, 2.05) is 0 Å². The van der Waals surface area contributed by atoms with Gasteiger partial charge in [-0.05, 0) is 24.6 Å². The fraction of sp³-hybridized carbons (Fsp3) is 0.0625. The van der Waals surface area contributed by atoms with Crippen LogP contribution in [0, 0.1) is 0 Å². The van der Waals surface area contributed by atoms with Crippen LogP contribution >= 0.6 is 0 Å². The van der Waals surface area contributed by atoms with Gasteiger partial charge in [0.2, 0.25) is 5.75 Å². The molecule has 0 radical (unpaired) electrons. The van der Waals surface area contributed by atoms with Crippen LogP contribution in [0.3, 0.4) is 0 Å². The smallest absolute Gasteiger partial charge is 0.339 e. The van der Waals surface area contributed by atoms with Gasteiger partial charge in [0.1, 0.15) is 4.90 Å². The minimum absolute atomic E-state index is 0.0882. The molecule has 0 atom stereocenters. The molecule has 24 heavy (non-hydrogen) atoms. The molecular weight excluding hydrogens is 336 g/mol. The highest BCUT2D eigenvalue weighted by Gasteiger charge is 2.26. The Bertz CT molecular complexity index is 886. The number of phenolic OH excluding ortho intramolecular Hbond substituents is 2. The van der Waals surface area contributed by atoms with E-state index >= 15 is 0 Å². The highest BCUT2D eigenvalue weighted by molar-refractivity contribution is 7.87. The van der Waals surface area contributed by atoms with Crippen molar-refractivity contribution in [2.45, 2.75) is 11.3 Å². The van der Waals surface area contributed by atoms with E-state index in [-0.39, 0.29) is 16.9 Å². The lowest BCUT2D eigenvalue weighted by Gasteiger charge is -2.15. The molecule has 0 bridgehead atoms. The van der Waals surface area contributed by atoms with Gasteiger partial charge in [-0.1, -0.05) is 24.3 Å². The summed E-state index contributed by atoms with van der Waals surface area (Å²) in [5.74, 6) is -3.73. The number of carbonyl (C=O) groups is 1. The second kappa shape index (κ2) is 6.63. The molecule has 0 saturated heterocycles. The van der Waals surface area contributed by atoms with E-state index in [9.17, 15) is 28.5 Å². The number of phenols is 2. The van der Waals surface area contributed by atoms with Crippen LogP contribution in [0.15, 0.2) is 53.9 Å². The van der Waals surface area contributed by atoms with Crippen LogP contribution in [0.1, 0.15) is 15.9 Å². The molecular formula is C16H14O7S. The van der Waals surface area contributed by atoms with E-state index in [4.69, 9.17) is 4.18 Å². The Morgan fingerprint density at radius 1 is 1.21 bits per heavy atom. The minimum Gasteiger partial charge on any atom is -0.504 e. The molecule has 0 unspecified atom stereocenters. The summed E-state index contributed by atoms with van der Waals surface area (Å²) in [7, 11) is -4.33. The molecule has 0 aliphatic rings. The fourth-order valence-corrected chi connectivity index (χ4v) is 3.03. The highest BCUT2D eigenvalue weighted by atomic mass is 32.2. The molecule has 0 fully saturated rings. The molecule has 8 heteroatoms. The van der Waals surface area contributed by atoms with Crippen molar-refractivity contribution >= 4 is 16.1 Å². The zero-order valence-corrected chi connectivity index (χ0v) is 13.2. The number of carboxylic acids is 1. The molecule has 0 aromatic heterocycles. The lowest BCUT2D eigenvalue weighted by atomic mass is 10.0. The van der Waals surface area contributed by atoms with Crippen LogP contribution in [0.25, 0.3) is 0 Å². The van der Waals surface area contributed by atoms with Gasteiger partial charge in [0.25, 0.3) is 0 Å². The van der Waals surface area contributed by atoms with Gasteiger partial charge < -0.3 is 19.5 Å². The summed E-state index contributed by atoms with van der Waals surface area (Å²) < 4.78 is 29.6. The van der Waals surface area contributed by atoms with Gasteiger partial charge in [-0.2, -0.15) is 8.42 Å². The van der Waals surface area contributed by atoms with Gasteiger partial charge in [0, 0.05) is 5.56 Å². The van der Waals surface area contributed by atoms with E-state index in [1.165, 1.54) is 30.3 Å². The summed E-state index contributed by atoms with van der Waals surface area (Å²) in [6, 6.07) is 7.94. The second-order valence-corrected chi connectivity index (χ2v) is 6.29. The van der Waals surface area contributed by atoms with Crippen LogP contribution < -0.4 is 4.18 Å². The average molecular weight is 350 g/mol. The van der Waals surface area contributed by atoms with Gasteiger partial charge in [-0.25, -0.2) is 4.79 Å². The molecule has 2 aromatic carbocycles. The van der Waals surface area contributed by atoms with E-state index in [0.717, 1.165) is 6.07 Å². The van der Waals surface area contributed by atoms with E-state index in [0.29, 0.717) is 0 Å². The van der Waals surface area contributed by atoms with Crippen molar-refractivity contribution in [3.8, 4) is 17.2 Å². The fourth-order valence-electron chi connectivity index (χ4n) is 2.05. The quantitative estimate of drug-likeness (QED) is 0.415. The number of hydrogen-bond donors (Lipinski definition) is 3. The Labute approximate surface area is 138 Å². The molecule has 0 aliphatic heterocycles. The zero-order valence-electron chi connectivity index (χ0n) is 12.3. The van der Waals surface area contributed by atoms with Crippen molar-refractivity contribution in [2.75, 3.05) is 0 Å². The lowest BCUT2D eigenvalue weighted by molar-refractivity contribution is 0.0695. The predicted molar refractivity (Wildman–Crippen MR) is 84.9 cm³/mol. The highest BCUT2D eigenvalue weighted by Crippen LogP contribution is 2.42. The monoisotopic (exact) mass is 350 g/mol. The SMILES string of the molecule is C=CCc1c(C(=O)O)cc(O)c(O)c1OS(=O)(=O)c1ccccc1. The van der Waals surface area contributed by atoms with Gasteiger partial charge in [-0.15, -0.1) is 6.58 Å². The van der Waals surface area contributed by atoms with Crippen molar-refractivity contribution in [1.29, 1.82) is 0 Å². The maximum atomic E-state index is 12.3. The first-order valence-electron chi connectivity index (χ1n) is 6.69. The lowest BCUT2D eigenvalue weighted by Crippen LogP contribution is -2.13. The molecule has 7 nitrogen and oxygen atoms in total. The van der Waals surface area contributed by atoms with Gasteiger partial charge in [0.05, 0.1) is 5.56 Å². The van der Waals surface area contributed by atoms with Gasteiger partial charge >= 0.3 is 16.1 Å². The standard InChI is InChI=1S/C16H14O7S/c1-2-6-11-12(16(19)20)9-13(17)14(18)15(11)23-24(21,22)10-7-4-3-5-8-10/h2-5,7-9,17-18H,1,6H2,(H,19,20). The maximum absolute atomic E-state index is 12.3. The third-order valence-corrected chi connectivity index (χ3v) is 4.38. The molecule has 3 N–H and O–H groups in total.